The first-order valence-corrected chi connectivity index (χ1v) is 6.97. The van der Waals surface area contributed by atoms with E-state index in [4.69, 9.17) is 5.73 Å². The molecule has 1 saturated heterocycles. The van der Waals surface area contributed by atoms with Crippen molar-refractivity contribution in [2.45, 2.75) is 32.1 Å². The first kappa shape index (κ1) is 13.8. The van der Waals surface area contributed by atoms with Gasteiger partial charge in [-0.15, -0.1) is 0 Å². The minimum absolute atomic E-state index is 0.0584. The van der Waals surface area contributed by atoms with Crippen molar-refractivity contribution in [3.05, 3.63) is 33.7 Å². The number of rotatable bonds is 1. The normalized spacial score (nSPS) is 25.4. The second-order valence-electron chi connectivity index (χ2n) is 5.76. The fourth-order valence-corrected chi connectivity index (χ4v) is 3.15. The van der Waals surface area contributed by atoms with Crippen LogP contribution in [0.15, 0.2) is 17.1 Å². The van der Waals surface area contributed by atoms with Gasteiger partial charge in [-0.2, -0.15) is 0 Å². The van der Waals surface area contributed by atoms with Crippen LogP contribution in [0, 0.1) is 0 Å². The largest absolute Gasteiger partial charge is 0.365 e. The molecule has 0 radical (unpaired) electrons. The van der Waals surface area contributed by atoms with Gasteiger partial charge in [0.2, 0.25) is 0 Å². The van der Waals surface area contributed by atoms with Crippen molar-refractivity contribution >= 4 is 11.8 Å². The molecule has 2 aliphatic heterocycles. The Hall–Kier alpha value is -2.15. The van der Waals surface area contributed by atoms with Gasteiger partial charge in [0.05, 0.1) is 6.54 Å². The Balaban J connectivity index is 2.12. The lowest BCUT2D eigenvalue weighted by Gasteiger charge is -2.49. The van der Waals surface area contributed by atoms with Crippen molar-refractivity contribution in [3.63, 3.8) is 0 Å². The summed E-state index contributed by atoms with van der Waals surface area (Å²) in [4.78, 5) is 39.8. The minimum atomic E-state index is -0.768. The van der Waals surface area contributed by atoms with E-state index in [0.29, 0.717) is 12.2 Å². The van der Waals surface area contributed by atoms with Crippen LogP contribution in [-0.2, 0) is 6.54 Å². The number of nitrogens with two attached hydrogens (primary N) is 1. The second kappa shape index (κ2) is 4.70. The summed E-state index contributed by atoms with van der Waals surface area (Å²) in [5.41, 5.74) is 4.95. The number of amides is 2. The number of likely N-dealkylation sites (N-methyl/N-ethyl adjacent to an activating group) is 1. The van der Waals surface area contributed by atoms with Gasteiger partial charge in [0.1, 0.15) is 17.4 Å². The van der Waals surface area contributed by atoms with Crippen molar-refractivity contribution in [1.82, 2.24) is 14.4 Å². The van der Waals surface area contributed by atoms with Gasteiger partial charge in [-0.25, -0.2) is 0 Å². The first-order valence-electron chi connectivity index (χ1n) is 6.97. The minimum Gasteiger partial charge on any atom is -0.365 e. The molecule has 2 N–H and O–H groups in total. The summed E-state index contributed by atoms with van der Waals surface area (Å²) in [5, 5.41) is 0. The molecule has 1 aromatic rings. The highest BCUT2D eigenvalue weighted by Gasteiger charge is 2.40. The van der Waals surface area contributed by atoms with Crippen molar-refractivity contribution in [2.24, 2.45) is 5.73 Å². The molecular formula is C14H18N4O3. The summed E-state index contributed by atoms with van der Waals surface area (Å²) in [6.07, 6.45) is 2.25. The third kappa shape index (κ3) is 2.04. The van der Waals surface area contributed by atoms with Gasteiger partial charge in [-0.3, -0.25) is 19.3 Å². The van der Waals surface area contributed by atoms with Crippen molar-refractivity contribution in [3.8, 4) is 0 Å². The molecule has 3 heterocycles. The van der Waals surface area contributed by atoms with Gasteiger partial charge in [0, 0.05) is 24.8 Å². The molecule has 1 aromatic heterocycles. The maximum Gasteiger partial charge on any atom is 0.272 e. The molecule has 112 valence electrons. The lowest BCUT2D eigenvalue weighted by Crippen LogP contribution is -2.62. The van der Waals surface area contributed by atoms with Crippen LogP contribution in [0.2, 0.25) is 0 Å². The summed E-state index contributed by atoms with van der Waals surface area (Å²) in [6.45, 7) is 3.46. The van der Waals surface area contributed by atoms with Crippen LogP contribution in [0.25, 0.3) is 0 Å². The molecule has 2 aliphatic rings. The van der Waals surface area contributed by atoms with Crippen LogP contribution >= 0.6 is 0 Å². The van der Waals surface area contributed by atoms with Gasteiger partial charge in [0.15, 0.2) is 5.43 Å². The number of aromatic nitrogens is 1. The molecule has 7 heteroatoms. The Morgan fingerprint density at radius 3 is 2.76 bits per heavy atom. The standard InChI is InChI=1S/C14H18N4O3/c1-8-3-4-16(2)12-7-17-6-9(13(15)20)11(19)5-10(17)14(21)18(8)12/h5-6,8,12H,3-4,7H2,1-2H3,(H2,15,20). The molecule has 7 nitrogen and oxygen atoms in total. The molecule has 2 amide bonds. The number of hydrogen-bond acceptors (Lipinski definition) is 4. The van der Waals surface area contributed by atoms with E-state index in [2.05, 4.69) is 4.90 Å². The number of carbonyl (C=O) groups is 2. The van der Waals surface area contributed by atoms with Gasteiger partial charge >= 0.3 is 0 Å². The van der Waals surface area contributed by atoms with Gasteiger partial charge < -0.3 is 15.2 Å². The Kier molecular flexibility index (Phi) is 3.09. The zero-order valence-electron chi connectivity index (χ0n) is 12.1. The zero-order chi connectivity index (χ0) is 15.3. The maximum absolute atomic E-state index is 12.7. The molecule has 3 rings (SSSR count). The summed E-state index contributed by atoms with van der Waals surface area (Å²) >= 11 is 0. The Bertz CT molecular complexity index is 681. The molecule has 0 spiro atoms. The molecule has 21 heavy (non-hydrogen) atoms. The number of hydrogen-bond donors (Lipinski definition) is 1. The van der Waals surface area contributed by atoms with Gasteiger partial charge in [-0.1, -0.05) is 0 Å². The number of carbonyl (C=O) groups excluding carboxylic acids is 2. The van der Waals surface area contributed by atoms with Crippen LogP contribution < -0.4 is 11.2 Å². The Labute approximate surface area is 121 Å². The maximum atomic E-state index is 12.7. The van der Waals surface area contributed by atoms with E-state index in [9.17, 15) is 14.4 Å². The summed E-state index contributed by atoms with van der Waals surface area (Å²) in [6, 6.07) is 1.36. The summed E-state index contributed by atoms with van der Waals surface area (Å²) < 4.78 is 1.67. The molecule has 0 aliphatic carbocycles. The number of fused-ring (bicyclic) bond motifs is 2. The third-order valence-electron chi connectivity index (χ3n) is 4.41. The Morgan fingerprint density at radius 1 is 1.38 bits per heavy atom. The van der Waals surface area contributed by atoms with Crippen LogP contribution in [0.3, 0.4) is 0 Å². The van der Waals surface area contributed by atoms with Crippen LogP contribution in [0.4, 0.5) is 0 Å². The number of nitrogens with zero attached hydrogens (tertiary/aromatic N) is 3. The SMILES string of the molecule is CC1CCN(C)C2Cn3cc(C(N)=O)c(=O)cc3C(=O)N12. The summed E-state index contributed by atoms with van der Waals surface area (Å²) in [7, 11) is 1.97. The molecule has 1 fully saturated rings. The van der Waals surface area contributed by atoms with E-state index in [0.717, 1.165) is 13.0 Å². The van der Waals surface area contributed by atoms with Crippen LogP contribution in [0.5, 0.6) is 0 Å². The second-order valence-corrected chi connectivity index (χ2v) is 5.76. The quantitative estimate of drug-likeness (QED) is 0.752. The van der Waals surface area contributed by atoms with Crippen LogP contribution in [0.1, 0.15) is 34.2 Å². The molecule has 0 bridgehead atoms. The molecule has 0 aromatic carbocycles. The topological polar surface area (TPSA) is 88.6 Å². The molecule has 2 unspecified atom stereocenters. The lowest BCUT2D eigenvalue weighted by atomic mass is 10.0. The fraction of sp³-hybridized carbons (Fsp3) is 0.500. The lowest BCUT2D eigenvalue weighted by molar-refractivity contribution is -0.0205. The van der Waals surface area contributed by atoms with Crippen LogP contribution in [-0.4, -0.2) is 52.0 Å². The number of pyridine rings is 1. The monoisotopic (exact) mass is 290 g/mol. The molecule has 0 saturated carbocycles. The predicted octanol–water partition coefficient (Wildman–Crippen LogP) is -0.547. The van der Waals surface area contributed by atoms with E-state index in [1.54, 1.807) is 4.57 Å². The summed E-state index contributed by atoms with van der Waals surface area (Å²) in [5.74, 6) is -0.936. The van der Waals surface area contributed by atoms with E-state index >= 15 is 0 Å². The average Bonchev–Trinajstić information content (AvgIpc) is 2.43. The molecular weight excluding hydrogens is 272 g/mol. The number of primary amides is 1. The Morgan fingerprint density at radius 2 is 2.10 bits per heavy atom. The van der Waals surface area contributed by atoms with E-state index < -0.39 is 11.3 Å². The van der Waals surface area contributed by atoms with Crippen molar-refractivity contribution in [2.75, 3.05) is 13.6 Å². The molecule has 2 atom stereocenters. The van der Waals surface area contributed by atoms with E-state index in [1.807, 2.05) is 18.9 Å². The van der Waals surface area contributed by atoms with E-state index in [-0.39, 0.29) is 23.7 Å². The zero-order valence-corrected chi connectivity index (χ0v) is 12.1. The highest BCUT2D eigenvalue weighted by molar-refractivity contribution is 5.96. The van der Waals surface area contributed by atoms with Gasteiger partial charge in [0.25, 0.3) is 11.8 Å². The fourth-order valence-electron chi connectivity index (χ4n) is 3.15. The first-order chi connectivity index (χ1) is 9.90. The highest BCUT2D eigenvalue weighted by atomic mass is 16.2. The van der Waals surface area contributed by atoms with Crippen molar-refractivity contribution < 1.29 is 9.59 Å². The van der Waals surface area contributed by atoms with Crippen molar-refractivity contribution in [1.29, 1.82) is 0 Å². The highest BCUT2D eigenvalue weighted by Crippen LogP contribution is 2.26. The smallest absolute Gasteiger partial charge is 0.272 e. The predicted molar refractivity (Wildman–Crippen MR) is 75.9 cm³/mol. The van der Waals surface area contributed by atoms with E-state index in [1.165, 1.54) is 12.3 Å². The average molecular weight is 290 g/mol. The van der Waals surface area contributed by atoms with Gasteiger partial charge in [-0.05, 0) is 20.4 Å². The third-order valence-corrected chi connectivity index (χ3v) is 4.41.